The molecule has 0 amide bonds. The fourth-order valence-electron chi connectivity index (χ4n) is 3.89. The van der Waals surface area contributed by atoms with Crippen LogP contribution >= 0.6 is 0 Å². The summed E-state index contributed by atoms with van der Waals surface area (Å²) in [5, 5.41) is 20.1. The van der Waals surface area contributed by atoms with E-state index in [4.69, 9.17) is 0 Å². The second kappa shape index (κ2) is 22.2. The molecule has 2 unspecified atom stereocenters. The number of aliphatic hydroxyl groups is 2. The summed E-state index contributed by atoms with van der Waals surface area (Å²) in [7, 11) is 0. The third-order valence-corrected chi connectivity index (χ3v) is 5.90. The van der Waals surface area contributed by atoms with E-state index in [0.29, 0.717) is 0 Å². The van der Waals surface area contributed by atoms with Crippen molar-refractivity contribution in [2.75, 3.05) is 0 Å². The number of aliphatic hydroxyl groups excluding tert-OH is 2. The first-order valence-electron chi connectivity index (χ1n) is 12.6. The molecule has 164 valence electrons. The first-order chi connectivity index (χ1) is 13.2. The molecule has 0 fully saturated rings. The molecule has 0 aliphatic carbocycles. The standard InChI is InChI=1S/C25H52O2/c1-3-5-7-9-10-11-12-13-14-15-16-17-19-21-23-25(27)24(26)22-20-18-8-6-4-2/h24-27H,3-23H2,1-2H3. The van der Waals surface area contributed by atoms with Crippen molar-refractivity contribution >= 4 is 0 Å². The van der Waals surface area contributed by atoms with E-state index in [-0.39, 0.29) is 0 Å². The molecule has 0 aromatic heterocycles. The summed E-state index contributed by atoms with van der Waals surface area (Å²) in [5.74, 6) is 0. The largest absolute Gasteiger partial charge is 0.390 e. The van der Waals surface area contributed by atoms with Crippen molar-refractivity contribution in [2.24, 2.45) is 0 Å². The van der Waals surface area contributed by atoms with E-state index < -0.39 is 12.2 Å². The minimum absolute atomic E-state index is 0.506. The molecule has 0 aliphatic rings. The molecule has 0 aromatic rings. The lowest BCUT2D eigenvalue weighted by molar-refractivity contribution is 0.00712. The van der Waals surface area contributed by atoms with Gasteiger partial charge in [-0.05, 0) is 12.8 Å². The quantitative estimate of drug-likeness (QED) is 0.186. The smallest absolute Gasteiger partial charge is 0.0799 e. The van der Waals surface area contributed by atoms with Gasteiger partial charge in [0, 0.05) is 0 Å². The molecule has 0 saturated heterocycles. The van der Waals surface area contributed by atoms with Crippen molar-refractivity contribution < 1.29 is 10.2 Å². The highest BCUT2D eigenvalue weighted by Crippen LogP contribution is 2.16. The third kappa shape index (κ3) is 20.5. The molecule has 0 bridgehead atoms. The first kappa shape index (κ1) is 26.9. The van der Waals surface area contributed by atoms with Gasteiger partial charge in [0.2, 0.25) is 0 Å². The highest BCUT2D eigenvalue weighted by molar-refractivity contribution is 4.67. The molecular formula is C25H52O2. The van der Waals surface area contributed by atoms with E-state index in [1.165, 1.54) is 109 Å². The fourth-order valence-corrected chi connectivity index (χ4v) is 3.89. The first-order valence-corrected chi connectivity index (χ1v) is 12.6. The summed E-state index contributed by atoms with van der Waals surface area (Å²) in [6, 6.07) is 0. The van der Waals surface area contributed by atoms with Gasteiger partial charge in [0.15, 0.2) is 0 Å². The van der Waals surface area contributed by atoms with Gasteiger partial charge in [-0.1, -0.05) is 136 Å². The topological polar surface area (TPSA) is 40.5 Å². The second-order valence-corrected chi connectivity index (χ2v) is 8.72. The highest BCUT2D eigenvalue weighted by atomic mass is 16.3. The number of hydrogen-bond donors (Lipinski definition) is 2. The summed E-state index contributed by atoms with van der Waals surface area (Å²) < 4.78 is 0. The zero-order chi connectivity index (χ0) is 20.0. The Hall–Kier alpha value is -0.0800. The molecule has 0 aliphatic heterocycles. The van der Waals surface area contributed by atoms with Crippen LogP contribution in [-0.4, -0.2) is 22.4 Å². The van der Waals surface area contributed by atoms with Crippen LogP contribution in [0.3, 0.4) is 0 Å². The van der Waals surface area contributed by atoms with E-state index >= 15 is 0 Å². The van der Waals surface area contributed by atoms with Gasteiger partial charge >= 0.3 is 0 Å². The summed E-state index contributed by atoms with van der Waals surface area (Å²) in [4.78, 5) is 0. The maximum absolute atomic E-state index is 10.1. The lowest BCUT2D eigenvalue weighted by atomic mass is 9.99. The molecule has 0 rings (SSSR count). The zero-order valence-corrected chi connectivity index (χ0v) is 18.9. The Morgan fingerprint density at radius 2 is 0.593 bits per heavy atom. The van der Waals surface area contributed by atoms with E-state index in [1.807, 2.05) is 0 Å². The van der Waals surface area contributed by atoms with E-state index in [9.17, 15) is 10.2 Å². The van der Waals surface area contributed by atoms with Crippen molar-refractivity contribution in [1.29, 1.82) is 0 Å². The van der Waals surface area contributed by atoms with Crippen LogP contribution in [0.2, 0.25) is 0 Å². The lowest BCUT2D eigenvalue weighted by Gasteiger charge is -2.17. The van der Waals surface area contributed by atoms with Gasteiger partial charge in [-0.2, -0.15) is 0 Å². The Morgan fingerprint density at radius 1 is 0.370 bits per heavy atom. The molecule has 2 heteroatoms. The molecule has 0 radical (unpaired) electrons. The van der Waals surface area contributed by atoms with Gasteiger partial charge in [0.1, 0.15) is 0 Å². The Kier molecular flexibility index (Phi) is 22.1. The van der Waals surface area contributed by atoms with Gasteiger partial charge in [-0.3, -0.25) is 0 Å². The zero-order valence-electron chi connectivity index (χ0n) is 18.9. The average Bonchev–Trinajstić information content (AvgIpc) is 2.67. The monoisotopic (exact) mass is 384 g/mol. The van der Waals surface area contributed by atoms with Gasteiger partial charge in [0.05, 0.1) is 12.2 Å². The van der Waals surface area contributed by atoms with Crippen molar-refractivity contribution in [3.63, 3.8) is 0 Å². The third-order valence-electron chi connectivity index (χ3n) is 5.90. The van der Waals surface area contributed by atoms with Crippen LogP contribution < -0.4 is 0 Å². The molecule has 0 spiro atoms. The van der Waals surface area contributed by atoms with Gasteiger partial charge < -0.3 is 10.2 Å². The van der Waals surface area contributed by atoms with Crippen LogP contribution in [0.25, 0.3) is 0 Å². The van der Waals surface area contributed by atoms with Crippen LogP contribution in [0.5, 0.6) is 0 Å². The molecule has 2 atom stereocenters. The molecular weight excluding hydrogens is 332 g/mol. The predicted octanol–water partition coefficient (Wildman–Crippen LogP) is 7.94. The summed E-state index contributed by atoms with van der Waals surface area (Å²) in [6.45, 7) is 4.50. The van der Waals surface area contributed by atoms with Crippen molar-refractivity contribution in [1.82, 2.24) is 0 Å². The second-order valence-electron chi connectivity index (χ2n) is 8.72. The van der Waals surface area contributed by atoms with Gasteiger partial charge in [-0.25, -0.2) is 0 Å². The summed E-state index contributed by atoms with van der Waals surface area (Å²) >= 11 is 0. The fraction of sp³-hybridized carbons (Fsp3) is 1.00. The Balaban J connectivity index is 3.24. The van der Waals surface area contributed by atoms with Crippen LogP contribution in [-0.2, 0) is 0 Å². The molecule has 0 saturated carbocycles. The molecule has 27 heavy (non-hydrogen) atoms. The highest BCUT2D eigenvalue weighted by Gasteiger charge is 2.15. The SMILES string of the molecule is CCCCCCCCCCCCCCCCC(O)C(O)CCCCCCC. The van der Waals surface area contributed by atoms with Crippen LogP contribution in [0, 0.1) is 0 Å². The number of hydrogen-bond acceptors (Lipinski definition) is 2. The van der Waals surface area contributed by atoms with Crippen molar-refractivity contribution in [3.8, 4) is 0 Å². The molecule has 2 N–H and O–H groups in total. The maximum Gasteiger partial charge on any atom is 0.0799 e. The maximum atomic E-state index is 10.1. The van der Waals surface area contributed by atoms with Crippen LogP contribution in [0.1, 0.15) is 149 Å². The van der Waals surface area contributed by atoms with E-state index in [0.717, 1.165) is 25.7 Å². The number of rotatable bonds is 22. The number of unbranched alkanes of at least 4 members (excludes halogenated alkanes) is 17. The Bertz CT molecular complexity index is 267. The van der Waals surface area contributed by atoms with Crippen molar-refractivity contribution in [3.05, 3.63) is 0 Å². The summed E-state index contributed by atoms with van der Waals surface area (Å²) in [5.41, 5.74) is 0. The molecule has 0 aromatic carbocycles. The van der Waals surface area contributed by atoms with E-state index in [1.54, 1.807) is 0 Å². The Labute approximate surface area is 171 Å². The van der Waals surface area contributed by atoms with Gasteiger partial charge in [-0.15, -0.1) is 0 Å². The van der Waals surface area contributed by atoms with Crippen molar-refractivity contribution in [2.45, 2.75) is 161 Å². The lowest BCUT2D eigenvalue weighted by Crippen LogP contribution is -2.25. The summed E-state index contributed by atoms with van der Waals surface area (Å²) in [6.07, 6.45) is 25.6. The minimum atomic E-state index is -0.506. The van der Waals surface area contributed by atoms with Crippen LogP contribution in [0.15, 0.2) is 0 Å². The van der Waals surface area contributed by atoms with Crippen LogP contribution in [0.4, 0.5) is 0 Å². The average molecular weight is 385 g/mol. The van der Waals surface area contributed by atoms with E-state index in [2.05, 4.69) is 13.8 Å². The minimum Gasteiger partial charge on any atom is -0.390 e. The predicted molar refractivity (Wildman–Crippen MR) is 120 cm³/mol. The molecule has 2 nitrogen and oxygen atoms in total. The molecule has 0 heterocycles. The Morgan fingerprint density at radius 3 is 0.852 bits per heavy atom. The normalized spacial score (nSPS) is 13.8. The van der Waals surface area contributed by atoms with Gasteiger partial charge in [0.25, 0.3) is 0 Å².